The van der Waals surface area contributed by atoms with Crippen LogP contribution in [0.15, 0.2) is 36.5 Å². The van der Waals surface area contributed by atoms with Gasteiger partial charge >= 0.3 is 0 Å². The molecule has 7 nitrogen and oxygen atoms in total. The monoisotopic (exact) mass is 503 g/mol. The van der Waals surface area contributed by atoms with Gasteiger partial charge in [-0.25, -0.2) is 4.98 Å². The van der Waals surface area contributed by atoms with E-state index in [0.29, 0.717) is 23.8 Å². The van der Waals surface area contributed by atoms with Gasteiger partial charge in [0.15, 0.2) is 0 Å². The molecule has 1 aromatic heterocycles. The quantitative estimate of drug-likeness (QED) is 0.568. The Labute approximate surface area is 221 Å². The number of hydrogen-bond acceptors (Lipinski definition) is 5. The van der Waals surface area contributed by atoms with Crippen molar-refractivity contribution in [2.45, 2.75) is 65.0 Å². The average molecular weight is 504 g/mol. The van der Waals surface area contributed by atoms with Crippen LogP contribution in [0.2, 0.25) is 0 Å². The van der Waals surface area contributed by atoms with Crippen LogP contribution in [-0.4, -0.2) is 65.4 Å². The van der Waals surface area contributed by atoms with Crippen LogP contribution in [-0.2, 0) is 17.8 Å². The molecule has 3 atom stereocenters. The number of likely N-dealkylation sites (tertiary alicyclic amines) is 1. The Morgan fingerprint density at radius 3 is 2.62 bits per heavy atom. The molecule has 1 aromatic carbocycles. The summed E-state index contributed by atoms with van der Waals surface area (Å²) < 4.78 is 0. The summed E-state index contributed by atoms with van der Waals surface area (Å²) in [4.78, 5) is 33.2. The number of piperidine rings is 1. The molecule has 7 heteroatoms. The van der Waals surface area contributed by atoms with Gasteiger partial charge in [0, 0.05) is 64.0 Å². The van der Waals surface area contributed by atoms with Gasteiger partial charge in [-0.2, -0.15) is 0 Å². The van der Waals surface area contributed by atoms with Crippen molar-refractivity contribution in [1.82, 2.24) is 20.1 Å². The minimum atomic E-state index is -0.0606. The lowest BCUT2D eigenvalue weighted by molar-refractivity contribution is -0.129. The first kappa shape index (κ1) is 25.7. The van der Waals surface area contributed by atoms with Crippen LogP contribution >= 0.6 is 0 Å². The molecule has 5 rings (SSSR count). The third-order valence-electron chi connectivity index (χ3n) is 8.35. The maximum absolute atomic E-state index is 12.9. The molecular weight excluding hydrogens is 462 g/mol. The Bertz CT molecular complexity index is 1130. The number of aromatic nitrogens is 1. The fraction of sp³-hybridized carbons (Fsp3) is 0.567. The Hall–Kier alpha value is -2.93. The molecule has 2 amide bonds. The van der Waals surface area contributed by atoms with Crippen molar-refractivity contribution in [1.29, 1.82) is 0 Å². The number of carbonyl (C=O) groups excluding carboxylic acids is 2. The van der Waals surface area contributed by atoms with E-state index in [9.17, 15) is 9.59 Å². The summed E-state index contributed by atoms with van der Waals surface area (Å²) in [6, 6.07) is 11.0. The smallest absolute Gasteiger partial charge is 0.251 e. The van der Waals surface area contributed by atoms with E-state index in [-0.39, 0.29) is 17.9 Å². The van der Waals surface area contributed by atoms with Crippen molar-refractivity contribution in [3.63, 3.8) is 0 Å². The SMILES string of the molecule is CC(=O)N1CCC(Nc2cc(C(=O)NCC(C)CN3CCc4cc([C@@H]5CC5C)ccc4C3)ccn2)CC1. The first-order chi connectivity index (χ1) is 17.9. The number of hydrogen-bond donors (Lipinski definition) is 2. The number of nitrogens with one attached hydrogen (secondary N) is 2. The van der Waals surface area contributed by atoms with Gasteiger partial charge < -0.3 is 15.5 Å². The standard InChI is InChI=1S/C30H41N5O2/c1-20(18-34-11-7-23-15-24(28-14-21(28)2)4-5-26(23)19-34)17-32-30(37)25-6-10-31-29(16-25)33-27-8-12-35(13-9-27)22(3)36/h4-6,10,15-16,20-21,27-28H,7-9,11-14,17-19H2,1-3H3,(H,31,33)(H,32,37)/t20?,21?,28-/m1/s1. The molecule has 1 saturated carbocycles. The molecule has 3 aliphatic rings. The maximum Gasteiger partial charge on any atom is 0.251 e. The molecule has 0 spiro atoms. The van der Waals surface area contributed by atoms with Gasteiger partial charge in [-0.05, 0) is 72.3 Å². The van der Waals surface area contributed by atoms with Crippen LogP contribution in [0, 0.1) is 11.8 Å². The molecule has 2 fully saturated rings. The molecule has 3 heterocycles. The van der Waals surface area contributed by atoms with Crippen molar-refractivity contribution in [3.8, 4) is 0 Å². The number of pyridine rings is 1. The first-order valence-electron chi connectivity index (χ1n) is 14.0. The van der Waals surface area contributed by atoms with E-state index in [2.05, 4.69) is 52.6 Å². The first-order valence-corrected chi connectivity index (χ1v) is 14.0. The van der Waals surface area contributed by atoms with Crippen LogP contribution in [0.4, 0.5) is 5.82 Å². The summed E-state index contributed by atoms with van der Waals surface area (Å²) in [6.07, 6.45) is 5.91. The normalized spacial score (nSPS) is 22.7. The Kier molecular flexibility index (Phi) is 7.79. The number of nitrogens with zero attached hydrogens (tertiary/aromatic N) is 3. The van der Waals surface area contributed by atoms with Gasteiger partial charge in [0.1, 0.15) is 5.82 Å². The van der Waals surface area contributed by atoms with Crippen LogP contribution in [0.5, 0.6) is 0 Å². The van der Waals surface area contributed by atoms with Crippen LogP contribution in [0.3, 0.4) is 0 Å². The lowest BCUT2D eigenvalue weighted by Crippen LogP contribution is -2.41. The summed E-state index contributed by atoms with van der Waals surface area (Å²) in [5.74, 6) is 2.78. The van der Waals surface area contributed by atoms with Crippen molar-refractivity contribution < 1.29 is 9.59 Å². The highest BCUT2D eigenvalue weighted by molar-refractivity contribution is 5.94. The molecule has 1 aliphatic carbocycles. The minimum Gasteiger partial charge on any atom is -0.367 e. The van der Waals surface area contributed by atoms with E-state index >= 15 is 0 Å². The van der Waals surface area contributed by atoms with Gasteiger partial charge in [0.05, 0.1) is 0 Å². The van der Waals surface area contributed by atoms with Gasteiger partial charge in [-0.15, -0.1) is 0 Å². The fourth-order valence-electron chi connectivity index (χ4n) is 5.88. The number of carbonyl (C=O) groups is 2. The Morgan fingerprint density at radius 2 is 1.89 bits per heavy atom. The summed E-state index contributed by atoms with van der Waals surface area (Å²) in [7, 11) is 0. The summed E-state index contributed by atoms with van der Waals surface area (Å²) in [5, 5.41) is 6.56. The number of anilines is 1. The lowest BCUT2D eigenvalue weighted by Gasteiger charge is -2.32. The molecule has 2 aliphatic heterocycles. The molecule has 37 heavy (non-hydrogen) atoms. The molecule has 2 aromatic rings. The zero-order chi connectivity index (χ0) is 25.9. The predicted octanol–water partition coefficient (Wildman–Crippen LogP) is 4.05. The van der Waals surface area contributed by atoms with Crippen molar-refractivity contribution in [2.24, 2.45) is 11.8 Å². The van der Waals surface area contributed by atoms with Gasteiger partial charge in [0.25, 0.3) is 5.91 Å². The van der Waals surface area contributed by atoms with Crippen molar-refractivity contribution in [2.75, 3.05) is 38.0 Å². The highest BCUT2D eigenvalue weighted by atomic mass is 16.2. The number of fused-ring (bicyclic) bond motifs is 1. The summed E-state index contributed by atoms with van der Waals surface area (Å²) in [5.41, 5.74) is 5.14. The van der Waals surface area contributed by atoms with E-state index in [1.165, 1.54) is 23.1 Å². The summed E-state index contributed by atoms with van der Waals surface area (Å²) >= 11 is 0. The molecular formula is C30H41N5O2. The van der Waals surface area contributed by atoms with Gasteiger partial charge in [-0.3, -0.25) is 14.5 Å². The van der Waals surface area contributed by atoms with Gasteiger partial charge in [0.2, 0.25) is 5.91 Å². The largest absolute Gasteiger partial charge is 0.367 e. The molecule has 198 valence electrons. The number of benzene rings is 1. The average Bonchev–Trinajstić information content (AvgIpc) is 3.64. The Balaban J connectivity index is 1.07. The Morgan fingerprint density at radius 1 is 1.11 bits per heavy atom. The maximum atomic E-state index is 12.9. The third kappa shape index (κ3) is 6.50. The predicted molar refractivity (Wildman–Crippen MR) is 147 cm³/mol. The zero-order valence-electron chi connectivity index (χ0n) is 22.5. The highest BCUT2D eigenvalue weighted by Crippen LogP contribution is 2.47. The number of rotatable bonds is 8. The van der Waals surface area contributed by atoms with E-state index in [1.54, 1.807) is 19.2 Å². The minimum absolute atomic E-state index is 0.0606. The zero-order valence-corrected chi connectivity index (χ0v) is 22.5. The van der Waals surface area contributed by atoms with Crippen LogP contribution in [0.1, 0.15) is 73.0 Å². The van der Waals surface area contributed by atoms with Crippen molar-refractivity contribution >= 4 is 17.6 Å². The topological polar surface area (TPSA) is 77.6 Å². The van der Waals surface area contributed by atoms with Crippen LogP contribution in [0.25, 0.3) is 0 Å². The third-order valence-corrected chi connectivity index (χ3v) is 8.35. The fourth-order valence-corrected chi connectivity index (χ4v) is 5.88. The van der Waals surface area contributed by atoms with Gasteiger partial charge in [-0.1, -0.05) is 32.0 Å². The molecule has 2 N–H and O–H groups in total. The lowest BCUT2D eigenvalue weighted by atomic mass is 9.95. The molecule has 0 radical (unpaired) electrons. The number of amides is 2. The molecule has 1 saturated heterocycles. The van der Waals surface area contributed by atoms with Crippen molar-refractivity contribution in [3.05, 3.63) is 58.8 Å². The molecule has 0 bridgehead atoms. The second kappa shape index (κ2) is 11.2. The second-order valence-electron chi connectivity index (χ2n) is 11.5. The van der Waals surface area contributed by atoms with E-state index in [0.717, 1.165) is 63.8 Å². The van der Waals surface area contributed by atoms with Crippen LogP contribution < -0.4 is 10.6 Å². The molecule has 2 unspecified atom stereocenters. The van der Waals surface area contributed by atoms with E-state index in [4.69, 9.17) is 0 Å². The van der Waals surface area contributed by atoms with E-state index in [1.807, 2.05) is 11.0 Å². The second-order valence-corrected chi connectivity index (χ2v) is 11.5. The van der Waals surface area contributed by atoms with E-state index < -0.39 is 0 Å². The summed E-state index contributed by atoms with van der Waals surface area (Å²) in [6.45, 7) is 11.4. The highest BCUT2D eigenvalue weighted by Gasteiger charge is 2.34.